The van der Waals surface area contributed by atoms with Gasteiger partial charge in [0.05, 0.1) is 0 Å². The fraction of sp³-hybridized carbons (Fsp3) is 0.588. The fourth-order valence-electron chi connectivity index (χ4n) is 3.16. The highest BCUT2D eigenvalue weighted by molar-refractivity contribution is 5.81. The van der Waals surface area contributed by atoms with Crippen LogP contribution in [0, 0.1) is 5.92 Å². The Bertz CT molecular complexity index is 500. The van der Waals surface area contributed by atoms with Crippen molar-refractivity contribution in [2.24, 2.45) is 5.92 Å². The number of aromatic hydroxyl groups is 1. The number of hydrogen-bond acceptors (Lipinski definition) is 2. The van der Waals surface area contributed by atoms with Crippen LogP contribution in [0.5, 0.6) is 5.75 Å². The first-order chi connectivity index (χ1) is 9.69. The lowest BCUT2D eigenvalue weighted by atomic mass is 9.88. The molecule has 1 N–H and O–H groups in total. The van der Waals surface area contributed by atoms with Crippen LogP contribution < -0.4 is 0 Å². The summed E-state index contributed by atoms with van der Waals surface area (Å²) in [5.74, 6) is 1.65. The number of amides is 1. The van der Waals surface area contributed by atoms with Crippen LogP contribution in [0.4, 0.5) is 0 Å². The van der Waals surface area contributed by atoms with Gasteiger partial charge in [-0.3, -0.25) is 4.79 Å². The van der Waals surface area contributed by atoms with Gasteiger partial charge in [-0.25, -0.2) is 0 Å². The van der Waals surface area contributed by atoms with E-state index in [2.05, 4.69) is 17.9 Å². The largest absolute Gasteiger partial charge is 0.508 e. The smallest absolute Gasteiger partial charge is 0.225 e. The van der Waals surface area contributed by atoms with Crippen LogP contribution in [-0.4, -0.2) is 29.0 Å². The van der Waals surface area contributed by atoms with Crippen molar-refractivity contribution in [1.29, 1.82) is 0 Å². The minimum absolute atomic E-state index is 0.340. The molecule has 3 nitrogen and oxygen atoms in total. The van der Waals surface area contributed by atoms with E-state index in [-0.39, 0.29) is 0 Å². The van der Waals surface area contributed by atoms with Crippen molar-refractivity contribution in [3.05, 3.63) is 29.3 Å². The molecule has 1 aromatic rings. The van der Waals surface area contributed by atoms with Gasteiger partial charge in [-0.15, -0.1) is 0 Å². The van der Waals surface area contributed by atoms with Crippen LogP contribution >= 0.6 is 0 Å². The Kier molecular flexibility index (Phi) is 3.68. The second-order valence-corrected chi connectivity index (χ2v) is 6.12. The van der Waals surface area contributed by atoms with Gasteiger partial charge in [0.2, 0.25) is 5.91 Å². The average Bonchev–Trinajstić information content (AvgIpc) is 3.32. The number of benzene rings is 1. The third-order valence-electron chi connectivity index (χ3n) is 4.69. The van der Waals surface area contributed by atoms with Gasteiger partial charge in [0.15, 0.2) is 0 Å². The molecule has 0 spiro atoms. The summed E-state index contributed by atoms with van der Waals surface area (Å²) in [5.41, 5.74) is 2.34. The lowest BCUT2D eigenvalue weighted by Crippen LogP contribution is -2.38. The molecule has 1 heterocycles. The Labute approximate surface area is 120 Å². The molecule has 1 saturated heterocycles. The number of aryl methyl sites for hydroxylation is 1. The molecular formula is C17H23NO2. The van der Waals surface area contributed by atoms with Gasteiger partial charge < -0.3 is 10.0 Å². The molecule has 108 valence electrons. The van der Waals surface area contributed by atoms with Crippen LogP contribution in [0.3, 0.4) is 0 Å². The van der Waals surface area contributed by atoms with Crippen molar-refractivity contribution < 1.29 is 9.90 Å². The number of hydrogen-bond donors (Lipinski definition) is 1. The zero-order valence-corrected chi connectivity index (χ0v) is 12.1. The van der Waals surface area contributed by atoms with E-state index in [0.717, 1.165) is 50.8 Å². The lowest BCUT2D eigenvalue weighted by Gasteiger charge is -2.32. The maximum absolute atomic E-state index is 12.0. The van der Waals surface area contributed by atoms with Gasteiger partial charge >= 0.3 is 0 Å². The SMILES string of the molecule is CCc1cc(C2CCN(C(=O)C3CC3)CC2)ccc1O. The Balaban J connectivity index is 1.64. The number of phenolic OH excluding ortho intramolecular Hbond substituents is 1. The number of phenols is 1. The molecule has 0 radical (unpaired) electrons. The van der Waals surface area contributed by atoms with Gasteiger partial charge in [-0.2, -0.15) is 0 Å². The molecule has 2 aliphatic rings. The number of rotatable bonds is 3. The summed E-state index contributed by atoms with van der Waals surface area (Å²) in [5, 5.41) is 9.76. The standard InChI is InChI=1S/C17H23NO2/c1-2-12-11-15(5-6-16(12)19)13-7-9-18(10-8-13)17(20)14-3-4-14/h5-6,11,13-14,19H,2-4,7-10H2,1H3. The molecule has 1 aromatic carbocycles. The topological polar surface area (TPSA) is 40.5 Å². The minimum Gasteiger partial charge on any atom is -0.508 e. The monoisotopic (exact) mass is 273 g/mol. The predicted molar refractivity (Wildman–Crippen MR) is 78.8 cm³/mol. The number of likely N-dealkylation sites (tertiary alicyclic amines) is 1. The van der Waals surface area contributed by atoms with Crippen molar-refractivity contribution in [3.8, 4) is 5.75 Å². The summed E-state index contributed by atoms with van der Waals surface area (Å²) in [7, 11) is 0. The summed E-state index contributed by atoms with van der Waals surface area (Å²) in [6.45, 7) is 3.85. The van der Waals surface area contributed by atoms with E-state index in [0.29, 0.717) is 23.5 Å². The van der Waals surface area contributed by atoms with Crippen molar-refractivity contribution in [1.82, 2.24) is 4.90 Å². The van der Waals surface area contributed by atoms with Crippen LogP contribution in [0.25, 0.3) is 0 Å². The van der Waals surface area contributed by atoms with E-state index in [1.807, 2.05) is 12.1 Å². The second kappa shape index (κ2) is 5.47. The second-order valence-electron chi connectivity index (χ2n) is 6.12. The highest BCUT2D eigenvalue weighted by atomic mass is 16.3. The van der Waals surface area contributed by atoms with Crippen molar-refractivity contribution in [3.63, 3.8) is 0 Å². The number of carbonyl (C=O) groups excluding carboxylic acids is 1. The summed E-state index contributed by atoms with van der Waals surface area (Å²) in [6.07, 6.45) is 5.14. The van der Waals surface area contributed by atoms with Crippen LogP contribution in [0.15, 0.2) is 18.2 Å². The van der Waals surface area contributed by atoms with Crippen molar-refractivity contribution in [2.45, 2.75) is 44.9 Å². The minimum atomic E-state index is 0.340. The Morgan fingerprint density at radius 3 is 2.55 bits per heavy atom. The third-order valence-corrected chi connectivity index (χ3v) is 4.69. The van der Waals surface area contributed by atoms with Crippen molar-refractivity contribution in [2.75, 3.05) is 13.1 Å². The number of carbonyl (C=O) groups is 1. The summed E-state index contributed by atoms with van der Waals surface area (Å²) >= 11 is 0. The highest BCUT2D eigenvalue weighted by Crippen LogP contribution is 2.35. The normalized spacial score (nSPS) is 20.1. The van der Waals surface area contributed by atoms with Crippen LogP contribution in [0.2, 0.25) is 0 Å². The average molecular weight is 273 g/mol. The molecule has 2 fully saturated rings. The predicted octanol–water partition coefficient (Wildman–Crippen LogP) is 3.07. The zero-order chi connectivity index (χ0) is 14.1. The van der Waals surface area contributed by atoms with E-state index < -0.39 is 0 Å². The maximum atomic E-state index is 12.0. The molecule has 0 aromatic heterocycles. The fourth-order valence-corrected chi connectivity index (χ4v) is 3.16. The van der Waals surface area contributed by atoms with E-state index >= 15 is 0 Å². The van der Waals surface area contributed by atoms with Crippen LogP contribution in [-0.2, 0) is 11.2 Å². The number of nitrogens with zero attached hydrogens (tertiary/aromatic N) is 1. The molecule has 20 heavy (non-hydrogen) atoms. The Hall–Kier alpha value is -1.51. The highest BCUT2D eigenvalue weighted by Gasteiger charge is 2.35. The molecule has 1 amide bonds. The maximum Gasteiger partial charge on any atom is 0.225 e. The van der Waals surface area contributed by atoms with E-state index in [1.54, 1.807) is 0 Å². The van der Waals surface area contributed by atoms with E-state index in [9.17, 15) is 9.90 Å². The molecule has 3 heteroatoms. The molecule has 1 aliphatic heterocycles. The van der Waals surface area contributed by atoms with E-state index in [4.69, 9.17) is 0 Å². The first-order valence-electron chi connectivity index (χ1n) is 7.79. The van der Waals surface area contributed by atoms with Gasteiger partial charge in [0.1, 0.15) is 5.75 Å². The summed E-state index contributed by atoms with van der Waals surface area (Å²) in [4.78, 5) is 14.1. The third kappa shape index (κ3) is 2.67. The lowest BCUT2D eigenvalue weighted by molar-refractivity contribution is -0.133. The van der Waals surface area contributed by atoms with Gasteiger partial charge in [-0.05, 0) is 55.2 Å². The molecule has 1 saturated carbocycles. The molecule has 1 aliphatic carbocycles. The van der Waals surface area contributed by atoms with E-state index in [1.165, 1.54) is 5.56 Å². The number of piperidine rings is 1. The molecule has 0 unspecified atom stereocenters. The van der Waals surface area contributed by atoms with Crippen LogP contribution in [0.1, 0.15) is 49.7 Å². The molecule has 3 rings (SSSR count). The first kappa shape index (κ1) is 13.5. The summed E-state index contributed by atoms with van der Waals surface area (Å²) < 4.78 is 0. The summed E-state index contributed by atoms with van der Waals surface area (Å²) in [6, 6.07) is 5.99. The quantitative estimate of drug-likeness (QED) is 0.919. The zero-order valence-electron chi connectivity index (χ0n) is 12.1. The van der Waals surface area contributed by atoms with Gasteiger partial charge in [0, 0.05) is 19.0 Å². The van der Waals surface area contributed by atoms with Crippen molar-refractivity contribution >= 4 is 5.91 Å². The Morgan fingerprint density at radius 1 is 1.25 bits per heavy atom. The Morgan fingerprint density at radius 2 is 1.95 bits per heavy atom. The molecule has 0 atom stereocenters. The van der Waals surface area contributed by atoms with Gasteiger partial charge in [0.25, 0.3) is 0 Å². The molecule has 0 bridgehead atoms. The van der Waals surface area contributed by atoms with Gasteiger partial charge in [-0.1, -0.05) is 19.1 Å². The molecular weight excluding hydrogens is 250 g/mol. The first-order valence-corrected chi connectivity index (χ1v) is 7.79.